The Labute approximate surface area is 174 Å². The summed E-state index contributed by atoms with van der Waals surface area (Å²) in [6.45, 7) is 5.13. The molecule has 1 aromatic rings. The first kappa shape index (κ1) is 22.6. The highest BCUT2D eigenvalue weighted by molar-refractivity contribution is 8.04. The maximum absolute atomic E-state index is 12.3. The smallest absolute Gasteiger partial charge is 0.338 e. The van der Waals surface area contributed by atoms with Crippen LogP contribution in [0.2, 0.25) is 0 Å². The van der Waals surface area contributed by atoms with Crippen LogP contribution < -0.4 is 9.47 Å². The fraction of sp³-hybridized carbons (Fsp3) is 0.450. The van der Waals surface area contributed by atoms with E-state index in [2.05, 4.69) is 4.74 Å². The molecule has 9 heteroatoms. The Bertz CT molecular complexity index is 778. The number of methoxy groups -OCH3 is 1. The Kier molecular flexibility index (Phi) is 8.85. The van der Waals surface area contributed by atoms with Gasteiger partial charge in [0.15, 0.2) is 11.5 Å². The van der Waals surface area contributed by atoms with Gasteiger partial charge in [-0.15, -0.1) is 0 Å². The molecule has 0 bridgehead atoms. The summed E-state index contributed by atoms with van der Waals surface area (Å²) in [6, 6.07) is 4.89. The number of hydrogen-bond donors (Lipinski definition) is 0. The highest BCUT2D eigenvalue weighted by atomic mass is 32.2. The van der Waals surface area contributed by atoms with Gasteiger partial charge >= 0.3 is 11.9 Å². The number of rotatable bonds is 10. The molecule has 0 aliphatic carbocycles. The van der Waals surface area contributed by atoms with Crippen molar-refractivity contribution in [3.8, 4) is 11.5 Å². The predicted octanol–water partition coefficient (Wildman–Crippen LogP) is 2.62. The first-order valence-corrected chi connectivity index (χ1v) is 10.3. The third kappa shape index (κ3) is 6.42. The molecule has 1 aliphatic rings. The second-order valence-corrected chi connectivity index (χ2v) is 6.85. The van der Waals surface area contributed by atoms with Crippen LogP contribution in [0.1, 0.15) is 30.6 Å². The van der Waals surface area contributed by atoms with Crippen molar-refractivity contribution in [2.75, 3.05) is 39.2 Å². The topological polar surface area (TPSA) is 91.4 Å². The molecule has 0 saturated carbocycles. The highest BCUT2D eigenvalue weighted by Gasteiger charge is 2.27. The minimum atomic E-state index is -0.515. The fourth-order valence-corrected chi connectivity index (χ4v) is 3.53. The Morgan fingerprint density at radius 2 is 1.90 bits per heavy atom. The largest absolute Gasteiger partial charge is 0.490 e. The van der Waals surface area contributed by atoms with Crippen LogP contribution in [0.5, 0.6) is 11.5 Å². The molecule has 1 amide bonds. The van der Waals surface area contributed by atoms with Gasteiger partial charge in [0.1, 0.15) is 0 Å². The molecule has 1 saturated heterocycles. The average Bonchev–Trinajstić information content (AvgIpc) is 3.05. The number of ether oxygens (including phenoxy) is 4. The lowest BCUT2D eigenvalue weighted by Gasteiger charge is -2.16. The molecular weight excluding hydrogens is 398 g/mol. The molecular formula is C20H25NO7S. The molecule has 0 aromatic heterocycles. The van der Waals surface area contributed by atoms with Gasteiger partial charge in [-0.25, -0.2) is 9.59 Å². The van der Waals surface area contributed by atoms with E-state index in [1.54, 1.807) is 18.2 Å². The van der Waals surface area contributed by atoms with Crippen LogP contribution in [0.25, 0.3) is 0 Å². The van der Waals surface area contributed by atoms with E-state index in [1.807, 2.05) is 13.8 Å². The van der Waals surface area contributed by atoms with Crippen LogP contribution in [0.4, 0.5) is 0 Å². The predicted molar refractivity (Wildman–Crippen MR) is 108 cm³/mol. The lowest BCUT2D eigenvalue weighted by Crippen LogP contribution is -2.27. The van der Waals surface area contributed by atoms with Crippen LogP contribution in [0, 0.1) is 0 Å². The van der Waals surface area contributed by atoms with Crippen LogP contribution >= 0.6 is 11.8 Å². The van der Waals surface area contributed by atoms with E-state index in [9.17, 15) is 14.4 Å². The standard InChI is InChI=1S/C20H25NO7S/c1-4-26-15-8-7-14(11-16(15)27-5-2)20(24)28-10-6-9-21-17(22)13-29-18(21)12-19(23)25-3/h7-8,11-12H,4-6,9-10,13H2,1-3H3/b18-12-. The van der Waals surface area contributed by atoms with Gasteiger partial charge in [0.2, 0.25) is 5.91 Å². The van der Waals surface area contributed by atoms with Gasteiger partial charge in [0, 0.05) is 6.54 Å². The zero-order valence-corrected chi connectivity index (χ0v) is 17.6. The maximum atomic E-state index is 12.3. The number of esters is 2. The van der Waals surface area contributed by atoms with Gasteiger partial charge < -0.3 is 23.8 Å². The van der Waals surface area contributed by atoms with Gasteiger partial charge in [-0.05, 0) is 38.5 Å². The number of carbonyl (C=O) groups is 3. The zero-order chi connectivity index (χ0) is 21.2. The third-order valence-corrected chi connectivity index (χ3v) is 4.92. The van der Waals surface area contributed by atoms with Crippen LogP contribution in [0.15, 0.2) is 29.3 Å². The number of benzene rings is 1. The van der Waals surface area contributed by atoms with E-state index >= 15 is 0 Å². The number of nitrogens with zero attached hydrogens (tertiary/aromatic N) is 1. The molecule has 0 N–H and O–H groups in total. The van der Waals surface area contributed by atoms with Crippen molar-refractivity contribution < 1.29 is 33.3 Å². The molecule has 8 nitrogen and oxygen atoms in total. The maximum Gasteiger partial charge on any atom is 0.338 e. The summed E-state index contributed by atoms with van der Waals surface area (Å²) in [5, 5.41) is 0.543. The lowest BCUT2D eigenvalue weighted by molar-refractivity contribution is -0.134. The summed E-state index contributed by atoms with van der Waals surface area (Å²) in [7, 11) is 1.28. The molecule has 1 aromatic carbocycles. The quantitative estimate of drug-likeness (QED) is 0.322. The van der Waals surface area contributed by atoms with E-state index < -0.39 is 11.9 Å². The summed E-state index contributed by atoms with van der Waals surface area (Å²) in [5.41, 5.74) is 0.357. The van der Waals surface area contributed by atoms with E-state index in [0.29, 0.717) is 48.3 Å². The molecule has 1 fully saturated rings. The van der Waals surface area contributed by atoms with Crippen molar-refractivity contribution in [2.24, 2.45) is 0 Å². The van der Waals surface area contributed by atoms with Crippen molar-refractivity contribution >= 4 is 29.6 Å². The second-order valence-electron chi connectivity index (χ2n) is 5.86. The fourth-order valence-electron chi connectivity index (χ4n) is 2.58. The first-order chi connectivity index (χ1) is 14.0. The van der Waals surface area contributed by atoms with Gasteiger partial charge in [0.25, 0.3) is 0 Å². The Balaban J connectivity index is 1.89. The van der Waals surface area contributed by atoms with Crippen molar-refractivity contribution in [1.82, 2.24) is 4.90 Å². The van der Waals surface area contributed by atoms with Crippen LogP contribution in [-0.4, -0.2) is 62.0 Å². The van der Waals surface area contributed by atoms with Crippen LogP contribution in [0.3, 0.4) is 0 Å². The van der Waals surface area contributed by atoms with Crippen molar-refractivity contribution in [2.45, 2.75) is 20.3 Å². The summed E-state index contributed by atoms with van der Waals surface area (Å²) in [4.78, 5) is 37.2. The first-order valence-electron chi connectivity index (χ1n) is 9.29. The summed E-state index contributed by atoms with van der Waals surface area (Å²) < 4.78 is 20.9. The Hall–Kier alpha value is -2.68. The summed E-state index contributed by atoms with van der Waals surface area (Å²) in [6.07, 6.45) is 1.72. The minimum Gasteiger partial charge on any atom is -0.490 e. The minimum absolute atomic E-state index is 0.0932. The molecule has 158 valence electrons. The number of thioether (sulfide) groups is 1. The van der Waals surface area contributed by atoms with Gasteiger partial charge in [0.05, 0.1) is 49.4 Å². The molecule has 0 radical (unpaired) electrons. The molecule has 1 heterocycles. The second kappa shape index (κ2) is 11.4. The van der Waals surface area contributed by atoms with Crippen molar-refractivity contribution in [1.29, 1.82) is 0 Å². The monoisotopic (exact) mass is 423 g/mol. The Morgan fingerprint density at radius 3 is 2.59 bits per heavy atom. The molecule has 0 spiro atoms. The molecule has 0 unspecified atom stereocenters. The normalized spacial score (nSPS) is 14.8. The summed E-state index contributed by atoms with van der Waals surface area (Å²) in [5.74, 6) is 0.238. The zero-order valence-electron chi connectivity index (χ0n) is 16.8. The highest BCUT2D eigenvalue weighted by Crippen LogP contribution is 2.30. The Morgan fingerprint density at radius 1 is 1.17 bits per heavy atom. The van der Waals surface area contributed by atoms with Gasteiger partial charge in [-0.3, -0.25) is 4.79 Å². The molecule has 2 rings (SSSR count). The molecule has 29 heavy (non-hydrogen) atoms. The van der Waals surface area contributed by atoms with Crippen molar-refractivity contribution in [3.63, 3.8) is 0 Å². The lowest BCUT2D eigenvalue weighted by atomic mass is 10.2. The van der Waals surface area contributed by atoms with Gasteiger partial charge in [-0.2, -0.15) is 0 Å². The van der Waals surface area contributed by atoms with E-state index in [1.165, 1.54) is 29.8 Å². The number of amides is 1. The third-order valence-electron chi connectivity index (χ3n) is 3.89. The van der Waals surface area contributed by atoms with E-state index in [4.69, 9.17) is 14.2 Å². The molecule has 0 atom stereocenters. The number of hydrogen-bond acceptors (Lipinski definition) is 8. The van der Waals surface area contributed by atoms with E-state index in [-0.39, 0.29) is 18.3 Å². The summed E-state index contributed by atoms with van der Waals surface area (Å²) >= 11 is 1.28. The van der Waals surface area contributed by atoms with E-state index in [0.717, 1.165) is 0 Å². The molecule has 1 aliphatic heterocycles. The van der Waals surface area contributed by atoms with Gasteiger partial charge in [-0.1, -0.05) is 11.8 Å². The number of carbonyl (C=O) groups excluding carboxylic acids is 3. The van der Waals surface area contributed by atoms with Crippen LogP contribution in [-0.2, 0) is 19.1 Å². The average molecular weight is 423 g/mol. The van der Waals surface area contributed by atoms with Crippen molar-refractivity contribution in [3.05, 3.63) is 34.9 Å². The SMILES string of the molecule is CCOc1ccc(C(=O)OCCCN2C(=O)CS/C2=C\C(=O)OC)cc1OCC.